The highest BCUT2D eigenvalue weighted by molar-refractivity contribution is 5.92. The summed E-state index contributed by atoms with van der Waals surface area (Å²) in [4.78, 5) is 21.8. The molecule has 0 saturated carbocycles. The van der Waals surface area contributed by atoms with Gasteiger partial charge in [0, 0.05) is 5.69 Å². The monoisotopic (exact) mass is 286 g/mol. The summed E-state index contributed by atoms with van der Waals surface area (Å²) in [5.41, 5.74) is 2.18. The molecule has 0 atom stereocenters. The second-order valence-electron chi connectivity index (χ2n) is 4.42. The van der Waals surface area contributed by atoms with E-state index >= 15 is 0 Å². The van der Waals surface area contributed by atoms with Crippen molar-refractivity contribution in [2.24, 2.45) is 0 Å². The number of anilines is 1. The molecule has 2 rings (SSSR count). The Morgan fingerprint density at radius 2 is 1.67 bits per heavy atom. The number of rotatable bonds is 6. The molecule has 4 nitrogen and oxygen atoms in total. The Morgan fingerprint density at radius 1 is 1.05 bits per heavy atom. The molecule has 0 aliphatic carbocycles. The molecule has 0 aliphatic heterocycles. The van der Waals surface area contributed by atoms with Gasteiger partial charge in [-0.05, 0) is 35.4 Å². The highest BCUT2D eigenvalue weighted by Gasteiger charge is 2.04. The van der Waals surface area contributed by atoms with Crippen LogP contribution in [0.1, 0.15) is 11.1 Å². The molecule has 0 aliphatic rings. The molecule has 107 valence electrons. The van der Waals surface area contributed by atoms with Crippen LogP contribution in [0.2, 0.25) is 0 Å². The maximum absolute atomic E-state index is 12.8. The number of carbonyl (C=O) groups excluding carboxylic acids is 2. The van der Waals surface area contributed by atoms with Crippen molar-refractivity contribution in [2.75, 3.05) is 5.32 Å². The van der Waals surface area contributed by atoms with Crippen molar-refractivity contribution in [2.45, 2.75) is 13.0 Å². The van der Waals surface area contributed by atoms with E-state index in [9.17, 15) is 14.0 Å². The Hall–Kier alpha value is -2.69. The van der Waals surface area contributed by atoms with Crippen LogP contribution >= 0.6 is 0 Å². The first-order chi connectivity index (χ1) is 10.2. The van der Waals surface area contributed by atoms with E-state index in [-0.39, 0.29) is 24.8 Å². The normalized spacial score (nSPS) is 9.95. The molecule has 0 saturated heterocycles. The first-order valence-electron chi connectivity index (χ1n) is 6.29. The summed E-state index contributed by atoms with van der Waals surface area (Å²) >= 11 is 0. The van der Waals surface area contributed by atoms with Gasteiger partial charge in [-0.3, -0.25) is 4.79 Å². The van der Waals surface area contributed by atoms with Gasteiger partial charge in [0.25, 0.3) is 0 Å². The largest absolute Gasteiger partial charge is 0.452 e. The van der Waals surface area contributed by atoms with E-state index in [0.717, 1.165) is 11.1 Å². The van der Waals surface area contributed by atoms with Crippen molar-refractivity contribution in [1.82, 2.24) is 0 Å². The highest BCUT2D eigenvalue weighted by Crippen LogP contribution is 2.11. The standard InChI is InChI=1S/C16H13FNO3/c17-14-5-1-12(2-6-14)9-16(20)18-15-7-3-13(4-8-15)10-21-11-19/h1-8H,9-10H2,(H,18,20). The van der Waals surface area contributed by atoms with Crippen molar-refractivity contribution in [3.63, 3.8) is 0 Å². The summed E-state index contributed by atoms with van der Waals surface area (Å²) in [5, 5.41) is 2.74. The van der Waals surface area contributed by atoms with E-state index in [1.807, 2.05) is 0 Å². The predicted molar refractivity (Wildman–Crippen MR) is 75.7 cm³/mol. The fraction of sp³-hybridized carbons (Fsp3) is 0.125. The van der Waals surface area contributed by atoms with Gasteiger partial charge in [-0.1, -0.05) is 24.3 Å². The van der Waals surface area contributed by atoms with Crippen LogP contribution in [0.4, 0.5) is 10.1 Å². The van der Waals surface area contributed by atoms with Gasteiger partial charge < -0.3 is 10.1 Å². The minimum Gasteiger partial charge on any atom is -0.452 e. The Labute approximate surface area is 121 Å². The van der Waals surface area contributed by atoms with E-state index < -0.39 is 0 Å². The van der Waals surface area contributed by atoms with E-state index in [1.54, 1.807) is 36.4 Å². The molecule has 5 heteroatoms. The smallest absolute Gasteiger partial charge is 0.417 e. The molecular formula is C16H13FNO3. The van der Waals surface area contributed by atoms with Gasteiger partial charge in [0.1, 0.15) is 12.4 Å². The predicted octanol–water partition coefficient (Wildman–Crippen LogP) is 2.59. The van der Waals surface area contributed by atoms with Crippen LogP contribution < -0.4 is 5.32 Å². The van der Waals surface area contributed by atoms with Gasteiger partial charge in [-0.25, -0.2) is 9.18 Å². The van der Waals surface area contributed by atoms with Crippen LogP contribution in [0.15, 0.2) is 48.5 Å². The van der Waals surface area contributed by atoms with Gasteiger partial charge in [-0.2, -0.15) is 0 Å². The molecule has 1 radical (unpaired) electrons. The van der Waals surface area contributed by atoms with Crippen molar-refractivity contribution in [1.29, 1.82) is 0 Å². The molecule has 21 heavy (non-hydrogen) atoms. The fourth-order valence-electron chi connectivity index (χ4n) is 1.79. The van der Waals surface area contributed by atoms with E-state index in [1.165, 1.54) is 18.6 Å². The summed E-state index contributed by atoms with van der Waals surface area (Å²) in [5.74, 6) is -0.517. The maximum Gasteiger partial charge on any atom is 0.417 e. The van der Waals surface area contributed by atoms with E-state index in [2.05, 4.69) is 10.1 Å². The first-order valence-corrected chi connectivity index (χ1v) is 6.29. The second kappa shape index (κ2) is 7.19. The molecule has 1 amide bonds. The Morgan fingerprint density at radius 3 is 2.29 bits per heavy atom. The molecule has 0 fully saturated rings. The maximum atomic E-state index is 12.8. The third kappa shape index (κ3) is 4.72. The average molecular weight is 286 g/mol. The third-order valence-corrected chi connectivity index (χ3v) is 2.81. The van der Waals surface area contributed by atoms with E-state index in [4.69, 9.17) is 0 Å². The van der Waals surface area contributed by atoms with Crippen molar-refractivity contribution in [3.8, 4) is 0 Å². The van der Waals surface area contributed by atoms with Gasteiger partial charge in [0.15, 0.2) is 0 Å². The number of amides is 1. The van der Waals surface area contributed by atoms with Crippen molar-refractivity contribution < 1.29 is 18.7 Å². The molecule has 0 aromatic heterocycles. The summed E-state index contributed by atoms with van der Waals surface area (Å²) < 4.78 is 17.3. The number of ether oxygens (including phenoxy) is 1. The zero-order valence-electron chi connectivity index (χ0n) is 11.1. The minimum atomic E-state index is -0.329. The number of halogens is 1. The molecule has 1 N–H and O–H groups in total. The lowest BCUT2D eigenvalue weighted by Gasteiger charge is -2.06. The number of carbonyl (C=O) groups is 1. The summed E-state index contributed by atoms with van der Waals surface area (Å²) in [6, 6.07) is 12.7. The zero-order valence-corrected chi connectivity index (χ0v) is 11.1. The van der Waals surface area contributed by atoms with Crippen LogP contribution in [0.25, 0.3) is 0 Å². The number of hydrogen-bond acceptors (Lipinski definition) is 3. The molecular weight excluding hydrogens is 273 g/mol. The average Bonchev–Trinajstić information content (AvgIpc) is 2.49. The third-order valence-electron chi connectivity index (χ3n) is 2.81. The fourth-order valence-corrected chi connectivity index (χ4v) is 1.79. The van der Waals surface area contributed by atoms with Crippen LogP contribution in [0, 0.1) is 5.82 Å². The quantitative estimate of drug-likeness (QED) is 0.888. The van der Waals surface area contributed by atoms with E-state index in [0.29, 0.717) is 5.69 Å². The van der Waals surface area contributed by atoms with Gasteiger partial charge in [-0.15, -0.1) is 0 Å². The lowest BCUT2D eigenvalue weighted by Crippen LogP contribution is -2.14. The van der Waals surface area contributed by atoms with Gasteiger partial charge in [0.05, 0.1) is 6.42 Å². The molecule has 2 aromatic rings. The summed E-state index contributed by atoms with van der Waals surface area (Å²) in [6.45, 7) is 1.49. The molecule has 0 unspecified atom stereocenters. The molecule has 2 aromatic carbocycles. The Bertz CT molecular complexity index is 608. The van der Waals surface area contributed by atoms with Gasteiger partial charge in [0.2, 0.25) is 5.91 Å². The number of nitrogens with one attached hydrogen (secondary N) is 1. The minimum absolute atomic E-state index is 0.146. The zero-order chi connectivity index (χ0) is 15.1. The first kappa shape index (κ1) is 14.7. The van der Waals surface area contributed by atoms with Crippen molar-refractivity contribution >= 4 is 18.1 Å². The number of hydrogen-bond donors (Lipinski definition) is 1. The van der Waals surface area contributed by atoms with Crippen LogP contribution in [-0.2, 0) is 27.4 Å². The van der Waals surface area contributed by atoms with Crippen molar-refractivity contribution in [3.05, 3.63) is 65.5 Å². The summed E-state index contributed by atoms with van der Waals surface area (Å²) in [7, 11) is 0. The molecule has 0 spiro atoms. The Kier molecular flexibility index (Phi) is 5.04. The highest BCUT2D eigenvalue weighted by atomic mass is 19.1. The van der Waals surface area contributed by atoms with Crippen LogP contribution in [-0.4, -0.2) is 12.4 Å². The summed E-state index contributed by atoms with van der Waals surface area (Å²) in [6.07, 6.45) is 0.172. The molecule has 0 bridgehead atoms. The molecule has 0 heterocycles. The lowest BCUT2D eigenvalue weighted by molar-refractivity contribution is -0.115. The lowest BCUT2D eigenvalue weighted by atomic mass is 10.1. The van der Waals surface area contributed by atoms with Crippen LogP contribution in [0.3, 0.4) is 0 Å². The SMILES string of the molecule is O=[C]OCc1ccc(NC(=O)Cc2ccc(F)cc2)cc1. The van der Waals surface area contributed by atoms with Crippen LogP contribution in [0.5, 0.6) is 0 Å². The Balaban J connectivity index is 1.90. The van der Waals surface area contributed by atoms with Gasteiger partial charge >= 0.3 is 6.47 Å². The second-order valence-corrected chi connectivity index (χ2v) is 4.42. The topological polar surface area (TPSA) is 55.4 Å². The number of benzene rings is 2.